The summed E-state index contributed by atoms with van der Waals surface area (Å²) in [5.41, 5.74) is 0. The van der Waals surface area contributed by atoms with Crippen LogP contribution in [-0.4, -0.2) is 55.8 Å². The lowest BCUT2D eigenvalue weighted by molar-refractivity contribution is -0.0493. The number of fused-ring (bicyclic) bond motifs is 1. The topological polar surface area (TPSA) is 28.6 Å². The van der Waals surface area contributed by atoms with Crippen molar-refractivity contribution in [1.82, 2.24) is 9.88 Å². The highest BCUT2D eigenvalue weighted by molar-refractivity contribution is 6.30. The van der Waals surface area contributed by atoms with Crippen LogP contribution in [-0.2, 0) is 4.74 Å². The molecular weight excluding hydrogens is 322 g/mol. The van der Waals surface area contributed by atoms with Crippen molar-refractivity contribution in [2.24, 2.45) is 17.8 Å². The molecule has 2 aliphatic carbocycles. The van der Waals surface area contributed by atoms with Crippen molar-refractivity contribution < 1.29 is 4.74 Å². The predicted molar refractivity (Wildman–Crippen MR) is 97.6 cm³/mol. The number of hydrogen-bond acceptors (Lipinski definition) is 4. The van der Waals surface area contributed by atoms with Gasteiger partial charge in [0.25, 0.3) is 0 Å². The van der Waals surface area contributed by atoms with E-state index in [1.807, 2.05) is 12.1 Å². The molecule has 4 rings (SSSR count). The van der Waals surface area contributed by atoms with Gasteiger partial charge in [-0.25, -0.2) is 4.98 Å². The van der Waals surface area contributed by atoms with E-state index in [0.29, 0.717) is 17.2 Å². The summed E-state index contributed by atoms with van der Waals surface area (Å²) in [6, 6.07) is 4.53. The minimum absolute atomic E-state index is 0.389. The lowest BCUT2D eigenvalue weighted by atomic mass is 9.77. The molecule has 0 bridgehead atoms. The largest absolute Gasteiger partial charge is 0.376 e. The predicted octanol–water partition coefficient (Wildman–Crippen LogP) is 3.31. The van der Waals surface area contributed by atoms with Gasteiger partial charge < -0.3 is 14.5 Å². The Kier molecular flexibility index (Phi) is 4.72. The first-order valence-electron chi connectivity index (χ1n) is 9.24. The molecule has 3 aliphatic rings. The maximum absolute atomic E-state index is 6.35. The van der Waals surface area contributed by atoms with Gasteiger partial charge in [0, 0.05) is 31.9 Å². The molecule has 0 amide bonds. The van der Waals surface area contributed by atoms with E-state index >= 15 is 0 Å². The Morgan fingerprint density at radius 2 is 1.96 bits per heavy atom. The van der Waals surface area contributed by atoms with Gasteiger partial charge in [0.05, 0.1) is 11.1 Å². The molecule has 0 N–H and O–H groups in total. The van der Waals surface area contributed by atoms with Crippen molar-refractivity contribution in [1.29, 1.82) is 0 Å². The molecule has 1 aliphatic heterocycles. The fourth-order valence-corrected chi connectivity index (χ4v) is 4.51. The number of likely N-dealkylation sites (N-methyl/N-ethyl adjacent to an activating group) is 1. The lowest BCUT2D eigenvalue weighted by Gasteiger charge is -2.41. The van der Waals surface area contributed by atoms with Crippen molar-refractivity contribution >= 4 is 17.4 Å². The van der Waals surface area contributed by atoms with Crippen LogP contribution in [0, 0.1) is 17.8 Å². The molecule has 5 heteroatoms. The second-order valence-corrected chi connectivity index (χ2v) is 8.51. The Morgan fingerprint density at radius 3 is 2.58 bits per heavy atom. The van der Waals surface area contributed by atoms with Gasteiger partial charge in [-0.05, 0) is 69.7 Å². The minimum atomic E-state index is 0.389. The smallest absolute Gasteiger partial charge is 0.128 e. The average molecular weight is 350 g/mol. The molecule has 0 aromatic carbocycles. The highest BCUT2D eigenvalue weighted by Gasteiger charge is 2.44. The second-order valence-electron chi connectivity index (χ2n) is 8.08. The maximum Gasteiger partial charge on any atom is 0.128 e. The molecule has 4 atom stereocenters. The summed E-state index contributed by atoms with van der Waals surface area (Å²) < 4.78 is 6.35. The molecule has 1 aromatic heterocycles. The summed E-state index contributed by atoms with van der Waals surface area (Å²) >= 11 is 5.98. The Morgan fingerprint density at radius 1 is 1.21 bits per heavy atom. The summed E-state index contributed by atoms with van der Waals surface area (Å²) in [5, 5.41) is 0.705. The molecule has 132 valence electrons. The van der Waals surface area contributed by atoms with Crippen molar-refractivity contribution in [3.8, 4) is 0 Å². The van der Waals surface area contributed by atoms with Gasteiger partial charge in [-0.2, -0.15) is 0 Å². The molecule has 1 aromatic rings. The summed E-state index contributed by atoms with van der Waals surface area (Å²) in [5.74, 6) is 3.37. The SMILES string of the molecule is CN(C)[C@@H]1C[C@@H]2CN(c3ccc(Cl)cn3)C[C@@H]2C[C@H]1OCC1CC1. The van der Waals surface area contributed by atoms with E-state index in [9.17, 15) is 0 Å². The number of anilines is 1. The Bertz CT molecular complexity index is 560. The van der Waals surface area contributed by atoms with E-state index in [1.54, 1.807) is 6.20 Å². The standard InChI is InChI=1S/C19H28ClN3O/c1-22(2)17-7-14-10-23(19-6-5-16(20)9-21-19)11-15(14)8-18(17)24-12-13-3-4-13/h5-6,9,13-15,17-18H,3-4,7-8,10-12H2,1-2H3/t14-,15+,17-,18-/m1/s1. The van der Waals surface area contributed by atoms with Crippen molar-refractivity contribution in [2.75, 3.05) is 38.7 Å². The third-order valence-corrected chi connectivity index (χ3v) is 6.25. The summed E-state index contributed by atoms with van der Waals surface area (Å²) in [6.07, 6.45) is 7.28. The molecule has 24 heavy (non-hydrogen) atoms. The van der Waals surface area contributed by atoms with Crippen LogP contribution < -0.4 is 4.90 Å². The first kappa shape index (κ1) is 16.6. The Hall–Kier alpha value is -0.840. The Labute approximate surface area is 150 Å². The van der Waals surface area contributed by atoms with Crippen LogP contribution in [0.1, 0.15) is 25.7 Å². The number of nitrogens with zero attached hydrogens (tertiary/aromatic N) is 3. The highest BCUT2D eigenvalue weighted by atomic mass is 35.5. The number of aromatic nitrogens is 1. The molecule has 2 heterocycles. The van der Waals surface area contributed by atoms with Gasteiger partial charge >= 0.3 is 0 Å². The van der Waals surface area contributed by atoms with Crippen molar-refractivity contribution in [3.05, 3.63) is 23.4 Å². The van der Waals surface area contributed by atoms with Gasteiger partial charge in [-0.1, -0.05) is 11.6 Å². The van der Waals surface area contributed by atoms with E-state index in [-0.39, 0.29) is 0 Å². The molecule has 2 saturated carbocycles. The number of rotatable bonds is 5. The summed E-state index contributed by atoms with van der Waals surface area (Å²) in [7, 11) is 4.40. The van der Waals surface area contributed by atoms with Crippen LogP contribution in [0.3, 0.4) is 0 Å². The summed E-state index contributed by atoms with van der Waals surface area (Å²) in [4.78, 5) is 9.32. The van der Waals surface area contributed by atoms with Gasteiger partial charge in [0.2, 0.25) is 0 Å². The average Bonchev–Trinajstić information content (AvgIpc) is 3.30. The number of halogens is 1. The zero-order chi connectivity index (χ0) is 16.7. The number of pyridine rings is 1. The third kappa shape index (κ3) is 3.56. The van der Waals surface area contributed by atoms with Crippen LogP contribution in [0.4, 0.5) is 5.82 Å². The monoisotopic (exact) mass is 349 g/mol. The van der Waals surface area contributed by atoms with Gasteiger partial charge in [-0.3, -0.25) is 0 Å². The quantitative estimate of drug-likeness (QED) is 0.815. The van der Waals surface area contributed by atoms with Crippen molar-refractivity contribution in [2.45, 2.75) is 37.8 Å². The highest BCUT2D eigenvalue weighted by Crippen LogP contribution is 2.41. The molecule has 0 spiro atoms. The van der Waals surface area contributed by atoms with Crippen LogP contribution >= 0.6 is 11.6 Å². The molecule has 3 fully saturated rings. The van der Waals surface area contributed by atoms with E-state index in [0.717, 1.165) is 43.3 Å². The minimum Gasteiger partial charge on any atom is -0.376 e. The molecule has 1 saturated heterocycles. The van der Waals surface area contributed by atoms with Crippen molar-refractivity contribution in [3.63, 3.8) is 0 Å². The second kappa shape index (κ2) is 6.81. The zero-order valence-corrected chi connectivity index (χ0v) is 15.5. The fraction of sp³-hybridized carbons (Fsp3) is 0.737. The molecule has 0 unspecified atom stereocenters. The third-order valence-electron chi connectivity index (χ3n) is 6.03. The molecule has 4 nitrogen and oxygen atoms in total. The van der Waals surface area contributed by atoms with Gasteiger partial charge in [0.1, 0.15) is 5.82 Å². The zero-order valence-electron chi connectivity index (χ0n) is 14.7. The first-order chi connectivity index (χ1) is 11.6. The number of ether oxygens (including phenoxy) is 1. The van der Waals surface area contributed by atoms with Crippen LogP contribution in [0.25, 0.3) is 0 Å². The van der Waals surface area contributed by atoms with E-state index < -0.39 is 0 Å². The first-order valence-corrected chi connectivity index (χ1v) is 9.62. The van der Waals surface area contributed by atoms with Crippen LogP contribution in [0.5, 0.6) is 0 Å². The van der Waals surface area contributed by atoms with Gasteiger partial charge in [-0.15, -0.1) is 0 Å². The van der Waals surface area contributed by atoms with Gasteiger partial charge in [0.15, 0.2) is 0 Å². The van der Waals surface area contributed by atoms with E-state index in [1.165, 1.54) is 25.7 Å². The Balaban J connectivity index is 1.43. The van der Waals surface area contributed by atoms with Crippen LogP contribution in [0.15, 0.2) is 18.3 Å². The molecule has 0 radical (unpaired) electrons. The normalized spacial score (nSPS) is 33.1. The number of hydrogen-bond donors (Lipinski definition) is 0. The fourth-order valence-electron chi connectivity index (χ4n) is 4.40. The summed E-state index contributed by atoms with van der Waals surface area (Å²) in [6.45, 7) is 3.18. The molecular formula is C19H28ClN3O. The lowest BCUT2D eigenvalue weighted by Crippen LogP contribution is -2.48. The van der Waals surface area contributed by atoms with E-state index in [2.05, 4.69) is 28.9 Å². The van der Waals surface area contributed by atoms with Crippen LogP contribution in [0.2, 0.25) is 5.02 Å². The maximum atomic E-state index is 6.35. The van der Waals surface area contributed by atoms with E-state index in [4.69, 9.17) is 16.3 Å².